The van der Waals surface area contributed by atoms with Crippen LogP contribution in [-0.2, 0) is 11.2 Å². The molecule has 4 rings (SSSR count). The van der Waals surface area contributed by atoms with Crippen LogP contribution in [-0.4, -0.2) is 73.4 Å². The van der Waals surface area contributed by atoms with Crippen molar-refractivity contribution in [3.05, 3.63) is 95.0 Å². The van der Waals surface area contributed by atoms with Gasteiger partial charge in [-0.2, -0.15) is 0 Å². The number of alkyl halides is 1. The monoisotopic (exact) mass is 539 g/mol. The largest absolute Gasteiger partial charge is 0.492 e. The lowest BCUT2D eigenvalue weighted by atomic mass is 10.1. The van der Waals surface area contributed by atoms with Crippen LogP contribution in [0.2, 0.25) is 5.02 Å². The number of hydrogen-bond acceptors (Lipinski definition) is 4. The zero-order valence-corrected chi connectivity index (χ0v) is 22.2. The molecule has 3 aromatic rings. The Kier molecular flexibility index (Phi) is 9.83. The number of anilines is 1. The van der Waals surface area contributed by atoms with E-state index in [0.717, 1.165) is 36.8 Å². The zero-order valence-electron chi connectivity index (χ0n) is 20.7. The summed E-state index contributed by atoms with van der Waals surface area (Å²) in [6.45, 7) is 4.70. The van der Waals surface area contributed by atoms with Crippen molar-refractivity contribution in [2.24, 2.45) is 0 Å². The Balaban J connectivity index is 1.28. The van der Waals surface area contributed by atoms with Gasteiger partial charge in [0, 0.05) is 49.0 Å². The van der Waals surface area contributed by atoms with Crippen LogP contribution in [0.5, 0.6) is 5.75 Å². The van der Waals surface area contributed by atoms with E-state index in [2.05, 4.69) is 17.0 Å². The van der Waals surface area contributed by atoms with E-state index in [1.54, 1.807) is 29.2 Å². The molecule has 0 unspecified atom stereocenters. The normalized spacial score (nSPS) is 13.8. The van der Waals surface area contributed by atoms with Gasteiger partial charge in [0.15, 0.2) is 0 Å². The maximum absolute atomic E-state index is 13.1. The summed E-state index contributed by atoms with van der Waals surface area (Å²) in [7, 11) is 0. The first-order valence-electron chi connectivity index (χ1n) is 12.4. The van der Waals surface area contributed by atoms with Gasteiger partial charge >= 0.3 is 0 Å². The lowest BCUT2D eigenvalue weighted by Crippen LogP contribution is -2.49. The maximum atomic E-state index is 13.1. The van der Waals surface area contributed by atoms with Crippen molar-refractivity contribution in [2.75, 3.05) is 56.7 Å². The molecule has 2 amide bonds. The van der Waals surface area contributed by atoms with E-state index in [-0.39, 0.29) is 17.7 Å². The Morgan fingerprint density at radius 2 is 1.54 bits per heavy atom. The number of nitrogens with zero attached hydrogens (tertiary/aromatic N) is 3. The predicted octanol–water partition coefficient (Wildman–Crippen LogP) is 4.99. The molecule has 0 N–H and O–H groups in total. The molecule has 0 bridgehead atoms. The standard InChI is InChI=1S/C29H31Cl2N3O3/c30-22-28(35)34(20-21-37-27-4-2-1-3-5-27)26-12-8-24(9-13-26)29(36)33-18-16-32(17-19-33)15-14-23-6-10-25(31)11-7-23/h1-13H,14-22H2. The Labute approximate surface area is 228 Å². The van der Waals surface area contributed by atoms with Crippen molar-refractivity contribution in [3.8, 4) is 5.75 Å². The first-order chi connectivity index (χ1) is 18.0. The van der Waals surface area contributed by atoms with Crippen molar-refractivity contribution in [3.63, 3.8) is 0 Å². The molecule has 1 saturated heterocycles. The summed E-state index contributed by atoms with van der Waals surface area (Å²) in [5, 5.41) is 0.749. The first kappa shape index (κ1) is 27.0. The molecule has 0 aliphatic carbocycles. The summed E-state index contributed by atoms with van der Waals surface area (Å²) in [5.41, 5.74) is 2.55. The van der Waals surface area contributed by atoms with Crippen LogP contribution in [0, 0.1) is 0 Å². The highest BCUT2D eigenvalue weighted by Crippen LogP contribution is 2.19. The molecule has 1 aliphatic heterocycles. The summed E-state index contributed by atoms with van der Waals surface area (Å²) < 4.78 is 5.74. The molecular weight excluding hydrogens is 509 g/mol. The van der Waals surface area contributed by atoms with E-state index in [1.807, 2.05) is 47.4 Å². The first-order valence-corrected chi connectivity index (χ1v) is 13.3. The number of para-hydroxylation sites is 1. The summed E-state index contributed by atoms with van der Waals surface area (Å²) in [6.07, 6.45) is 0.959. The van der Waals surface area contributed by atoms with Crippen molar-refractivity contribution < 1.29 is 14.3 Å². The van der Waals surface area contributed by atoms with Crippen molar-refractivity contribution >= 4 is 40.7 Å². The molecule has 1 aliphatic rings. The lowest BCUT2D eigenvalue weighted by molar-refractivity contribution is -0.116. The molecule has 0 spiro atoms. The van der Waals surface area contributed by atoms with E-state index in [4.69, 9.17) is 27.9 Å². The molecule has 0 aromatic heterocycles. The van der Waals surface area contributed by atoms with Crippen LogP contribution >= 0.6 is 23.2 Å². The summed E-state index contributed by atoms with van der Waals surface area (Å²) >= 11 is 11.8. The minimum atomic E-state index is -0.216. The van der Waals surface area contributed by atoms with E-state index in [9.17, 15) is 9.59 Å². The van der Waals surface area contributed by atoms with E-state index < -0.39 is 0 Å². The number of carbonyl (C=O) groups excluding carboxylic acids is 2. The SMILES string of the molecule is O=C(c1ccc(N(CCOc2ccccc2)C(=O)CCl)cc1)N1CCN(CCc2ccc(Cl)cc2)CC1. The molecular formula is C29H31Cl2N3O3. The number of ether oxygens (including phenoxy) is 1. The fourth-order valence-electron chi connectivity index (χ4n) is 4.32. The predicted molar refractivity (Wildman–Crippen MR) is 149 cm³/mol. The molecule has 0 saturated carbocycles. The number of hydrogen-bond donors (Lipinski definition) is 0. The van der Waals surface area contributed by atoms with Gasteiger partial charge in [-0.05, 0) is 60.5 Å². The van der Waals surface area contributed by atoms with Gasteiger partial charge in [-0.25, -0.2) is 0 Å². The molecule has 3 aromatic carbocycles. The Morgan fingerprint density at radius 3 is 2.19 bits per heavy atom. The van der Waals surface area contributed by atoms with E-state index in [0.29, 0.717) is 37.5 Å². The van der Waals surface area contributed by atoms with Gasteiger partial charge in [-0.15, -0.1) is 11.6 Å². The van der Waals surface area contributed by atoms with Crippen LogP contribution in [0.25, 0.3) is 0 Å². The Hall–Kier alpha value is -3.06. The second-order valence-electron chi connectivity index (χ2n) is 8.90. The average Bonchev–Trinajstić information content (AvgIpc) is 2.95. The number of amides is 2. The second-order valence-corrected chi connectivity index (χ2v) is 9.60. The van der Waals surface area contributed by atoms with Crippen molar-refractivity contribution in [2.45, 2.75) is 6.42 Å². The van der Waals surface area contributed by atoms with Gasteiger partial charge in [0.25, 0.3) is 5.91 Å². The summed E-state index contributed by atoms with van der Waals surface area (Å²) in [5.74, 6) is 0.402. The smallest absolute Gasteiger partial charge is 0.253 e. The molecule has 1 fully saturated rings. The topological polar surface area (TPSA) is 53.1 Å². The van der Waals surface area contributed by atoms with Crippen LogP contribution < -0.4 is 9.64 Å². The highest BCUT2D eigenvalue weighted by atomic mass is 35.5. The van der Waals surface area contributed by atoms with E-state index >= 15 is 0 Å². The third-order valence-electron chi connectivity index (χ3n) is 6.46. The van der Waals surface area contributed by atoms with Gasteiger partial charge in [0.2, 0.25) is 5.91 Å². The highest BCUT2D eigenvalue weighted by Gasteiger charge is 2.22. The van der Waals surface area contributed by atoms with Gasteiger partial charge < -0.3 is 14.5 Å². The van der Waals surface area contributed by atoms with Gasteiger partial charge in [0.1, 0.15) is 18.2 Å². The molecule has 37 heavy (non-hydrogen) atoms. The fraction of sp³-hybridized carbons (Fsp3) is 0.310. The minimum Gasteiger partial charge on any atom is -0.492 e. The van der Waals surface area contributed by atoms with E-state index in [1.165, 1.54) is 5.56 Å². The van der Waals surface area contributed by atoms with Crippen LogP contribution in [0.15, 0.2) is 78.9 Å². The Bertz CT molecular complexity index is 1150. The molecule has 0 atom stereocenters. The Morgan fingerprint density at radius 1 is 0.865 bits per heavy atom. The average molecular weight is 540 g/mol. The highest BCUT2D eigenvalue weighted by molar-refractivity contribution is 6.30. The van der Waals surface area contributed by atoms with Crippen LogP contribution in [0.1, 0.15) is 15.9 Å². The molecule has 6 nitrogen and oxygen atoms in total. The molecule has 194 valence electrons. The molecule has 8 heteroatoms. The molecule has 0 radical (unpaired) electrons. The lowest BCUT2D eigenvalue weighted by Gasteiger charge is -2.35. The number of carbonyl (C=O) groups is 2. The van der Waals surface area contributed by atoms with Gasteiger partial charge in [0.05, 0.1) is 6.54 Å². The molecule has 1 heterocycles. The number of piperazine rings is 1. The number of halogens is 2. The summed E-state index contributed by atoms with van der Waals surface area (Å²) in [6, 6.07) is 24.5. The fourth-order valence-corrected chi connectivity index (χ4v) is 4.59. The number of rotatable bonds is 10. The van der Waals surface area contributed by atoms with Crippen LogP contribution in [0.4, 0.5) is 5.69 Å². The van der Waals surface area contributed by atoms with Gasteiger partial charge in [-0.1, -0.05) is 41.9 Å². The minimum absolute atomic E-state index is 0.00605. The zero-order chi connectivity index (χ0) is 26.0. The van der Waals surface area contributed by atoms with Crippen molar-refractivity contribution in [1.82, 2.24) is 9.80 Å². The van der Waals surface area contributed by atoms with Crippen molar-refractivity contribution in [1.29, 1.82) is 0 Å². The second kappa shape index (κ2) is 13.5. The summed E-state index contributed by atoms with van der Waals surface area (Å²) in [4.78, 5) is 31.4. The maximum Gasteiger partial charge on any atom is 0.253 e. The quantitative estimate of drug-likeness (QED) is 0.340. The third kappa shape index (κ3) is 7.71. The van der Waals surface area contributed by atoms with Crippen LogP contribution in [0.3, 0.4) is 0 Å². The number of benzene rings is 3. The van der Waals surface area contributed by atoms with Gasteiger partial charge in [-0.3, -0.25) is 14.5 Å². The third-order valence-corrected chi connectivity index (χ3v) is 6.94.